The lowest BCUT2D eigenvalue weighted by Gasteiger charge is -2.19. The van der Waals surface area contributed by atoms with E-state index in [1.165, 1.54) is 0 Å². The molecule has 5 nitrogen and oxygen atoms in total. The van der Waals surface area contributed by atoms with Crippen molar-refractivity contribution in [3.63, 3.8) is 0 Å². The number of hydrogen-bond acceptors (Lipinski definition) is 3. The fourth-order valence-electron chi connectivity index (χ4n) is 1.24. The quantitative estimate of drug-likeness (QED) is 0.120. The fraction of sp³-hybridized carbons (Fsp3) is 0.778. The van der Waals surface area contributed by atoms with E-state index in [1.54, 1.807) is 0 Å². The van der Waals surface area contributed by atoms with Crippen LogP contribution in [0.4, 0.5) is 0 Å². The summed E-state index contributed by atoms with van der Waals surface area (Å²) in [5.74, 6) is 0.333. The minimum absolute atomic E-state index is 0.00443. The van der Waals surface area contributed by atoms with Crippen LogP contribution in [-0.2, 0) is 9.57 Å². The molecule has 0 radical (unpaired) electrons. The standard InChI is InChI=1S/C9H17N3O2/c1-4-6-8(3)9(5-2)13-7-14-12-11-10/h4,6,8-9H,5,7H2,1-3H3. The molecule has 0 fully saturated rings. The highest BCUT2D eigenvalue weighted by Gasteiger charge is 2.12. The van der Waals surface area contributed by atoms with Crippen molar-refractivity contribution in [3.05, 3.63) is 22.6 Å². The molecule has 0 aromatic rings. The Bertz CT molecular complexity index is 212. The summed E-state index contributed by atoms with van der Waals surface area (Å²) < 4.78 is 5.37. The van der Waals surface area contributed by atoms with Gasteiger partial charge in [0.05, 0.1) is 6.10 Å². The molecule has 0 rings (SSSR count). The molecule has 0 bridgehead atoms. The van der Waals surface area contributed by atoms with Crippen molar-refractivity contribution in [2.75, 3.05) is 6.79 Å². The highest BCUT2D eigenvalue weighted by Crippen LogP contribution is 2.12. The zero-order valence-corrected chi connectivity index (χ0v) is 8.88. The van der Waals surface area contributed by atoms with Crippen LogP contribution >= 0.6 is 0 Å². The van der Waals surface area contributed by atoms with Gasteiger partial charge in [0.15, 0.2) is 6.79 Å². The van der Waals surface area contributed by atoms with Crippen LogP contribution < -0.4 is 0 Å². The molecular formula is C9H17N3O2. The van der Waals surface area contributed by atoms with Gasteiger partial charge in [-0.25, -0.2) is 0 Å². The van der Waals surface area contributed by atoms with Gasteiger partial charge >= 0.3 is 0 Å². The third-order valence-corrected chi connectivity index (χ3v) is 1.91. The first-order chi connectivity index (χ1) is 6.76. The van der Waals surface area contributed by atoms with Crippen LogP contribution in [0.15, 0.2) is 17.4 Å². The van der Waals surface area contributed by atoms with Gasteiger partial charge in [-0.15, -0.1) is 0 Å². The molecule has 2 atom stereocenters. The van der Waals surface area contributed by atoms with Crippen LogP contribution in [0.5, 0.6) is 0 Å². The predicted octanol–water partition coefficient (Wildman–Crippen LogP) is 3.19. The van der Waals surface area contributed by atoms with E-state index in [-0.39, 0.29) is 12.9 Å². The monoisotopic (exact) mass is 199 g/mol. The normalized spacial score (nSPS) is 14.8. The number of ether oxygens (including phenoxy) is 1. The molecule has 0 aliphatic carbocycles. The average molecular weight is 199 g/mol. The maximum atomic E-state index is 7.95. The van der Waals surface area contributed by atoms with E-state index in [9.17, 15) is 0 Å². The summed E-state index contributed by atoms with van der Waals surface area (Å²) >= 11 is 0. The zero-order chi connectivity index (χ0) is 10.8. The number of nitrogens with zero attached hydrogens (tertiary/aromatic N) is 3. The molecule has 0 spiro atoms. The first kappa shape index (κ1) is 12.8. The lowest BCUT2D eigenvalue weighted by atomic mass is 10.0. The summed E-state index contributed by atoms with van der Waals surface area (Å²) in [4.78, 5) is 6.95. The molecule has 0 saturated heterocycles. The molecule has 0 N–H and O–H groups in total. The molecule has 0 aliphatic heterocycles. The highest BCUT2D eigenvalue weighted by molar-refractivity contribution is 4.87. The minimum Gasteiger partial charge on any atom is -0.405 e. The van der Waals surface area contributed by atoms with Crippen molar-refractivity contribution in [1.82, 2.24) is 0 Å². The van der Waals surface area contributed by atoms with E-state index in [1.807, 2.05) is 19.9 Å². The second-order valence-electron chi connectivity index (χ2n) is 2.92. The summed E-state index contributed by atoms with van der Waals surface area (Å²) in [5.41, 5.74) is 7.95. The molecule has 0 amide bonds. The molecule has 0 aromatic carbocycles. The van der Waals surface area contributed by atoms with Gasteiger partial charge in [-0.05, 0) is 18.9 Å². The number of azide groups is 1. The highest BCUT2D eigenvalue weighted by atomic mass is 16.8. The van der Waals surface area contributed by atoms with Crippen LogP contribution in [-0.4, -0.2) is 12.9 Å². The molecule has 0 heterocycles. The summed E-state index contributed by atoms with van der Waals surface area (Å²) in [5, 5.41) is 2.92. The van der Waals surface area contributed by atoms with E-state index >= 15 is 0 Å². The Labute approximate surface area is 84.3 Å². The Balaban J connectivity index is 3.83. The third kappa shape index (κ3) is 5.45. The van der Waals surface area contributed by atoms with Gasteiger partial charge in [0, 0.05) is 10.8 Å². The third-order valence-electron chi connectivity index (χ3n) is 1.91. The van der Waals surface area contributed by atoms with Gasteiger partial charge in [0.1, 0.15) is 5.28 Å². The molecule has 0 aliphatic rings. The maximum absolute atomic E-state index is 7.95. The van der Waals surface area contributed by atoms with Gasteiger partial charge in [-0.1, -0.05) is 26.0 Å². The Morgan fingerprint density at radius 1 is 1.57 bits per heavy atom. The molecular weight excluding hydrogens is 182 g/mol. The molecule has 14 heavy (non-hydrogen) atoms. The zero-order valence-electron chi connectivity index (χ0n) is 8.88. The Kier molecular flexibility index (Phi) is 7.70. The topological polar surface area (TPSA) is 67.2 Å². The summed E-state index contributed by atoms with van der Waals surface area (Å²) in [6.45, 7) is 6.09. The number of hydrogen-bond donors (Lipinski definition) is 0. The van der Waals surface area contributed by atoms with Crippen LogP contribution in [0.3, 0.4) is 0 Å². The first-order valence-electron chi connectivity index (χ1n) is 4.67. The van der Waals surface area contributed by atoms with Crippen molar-refractivity contribution >= 4 is 0 Å². The van der Waals surface area contributed by atoms with Crippen molar-refractivity contribution in [2.45, 2.75) is 33.3 Å². The Hall–Kier alpha value is -1.19. The number of allylic oxidation sites excluding steroid dienone is 1. The largest absolute Gasteiger partial charge is 0.405 e. The van der Waals surface area contributed by atoms with Gasteiger partial charge in [-0.2, -0.15) is 0 Å². The van der Waals surface area contributed by atoms with Crippen LogP contribution in [0.1, 0.15) is 27.2 Å². The molecule has 0 saturated carbocycles. The second kappa shape index (κ2) is 8.41. The summed E-state index contributed by atoms with van der Waals surface area (Å²) in [7, 11) is 0. The van der Waals surface area contributed by atoms with E-state index in [2.05, 4.69) is 28.0 Å². The smallest absolute Gasteiger partial charge is 0.197 e. The van der Waals surface area contributed by atoms with Crippen molar-refractivity contribution < 1.29 is 9.57 Å². The fourth-order valence-corrected chi connectivity index (χ4v) is 1.24. The van der Waals surface area contributed by atoms with Gasteiger partial charge in [-0.3, -0.25) is 0 Å². The Morgan fingerprint density at radius 3 is 2.79 bits per heavy atom. The van der Waals surface area contributed by atoms with E-state index in [0.717, 1.165) is 6.42 Å². The van der Waals surface area contributed by atoms with Gasteiger partial charge in [0.25, 0.3) is 0 Å². The van der Waals surface area contributed by atoms with Gasteiger partial charge in [0.2, 0.25) is 0 Å². The van der Waals surface area contributed by atoms with Crippen LogP contribution in [0, 0.1) is 5.92 Å². The first-order valence-corrected chi connectivity index (χ1v) is 4.67. The van der Waals surface area contributed by atoms with E-state index < -0.39 is 0 Å². The lowest BCUT2D eigenvalue weighted by molar-refractivity contribution is -0.101. The van der Waals surface area contributed by atoms with Crippen molar-refractivity contribution in [3.8, 4) is 0 Å². The van der Waals surface area contributed by atoms with Gasteiger partial charge < -0.3 is 9.57 Å². The Morgan fingerprint density at radius 2 is 2.29 bits per heavy atom. The van der Waals surface area contributed by atoms with Crippen LogP contribution in [0.25, 0.3) is 10.4 Å². The SMILES string of the molecule is CC=CC(C)C(CC)OCON=[N+]=[N-]. The summed E-state index contributed by atoms with van der Waals surface area (Å²) in [6, 6.07) is 0. The summed E-state index contributed by atoms with van der Waals surface area (Å²) in [6.07, 6.45) is 5.05. The average Bonchev–Trinajstić information content (AvgIpc) is 2.18. The van der Waals surface area contributed by atoms with Crippen LogP contribution in [0.2, 0.25) is 0 Å². The predicted molar refractivity (Wildman–Crippen MR) is 54.2 cm³/mol. The maximum Gasteiger partial charge on any atom is 0.197 e. The molecule has 2 unspecified atom stereocenters. The molecule has 5 heteroatoms. The molecule has 80 valence electrons. The van der Waals surface area contributed by atoms with E-state index in [0.29, 0.717) is 5.92 Å². The second-order valence-corrected chi connectivity index (χ2v) is 2.92. The minimum atomic E-state index is 0.00443. The van der Waals surface area contributed by atoms with Crippen molar-refractivity contribution in [1.29, 1.82) is 0 Å². The molecule has 0 aromatic heterocycles. The lowest BCUT2D eigenvalue weighted by Crippen LogP contribution is -2.20. The number of rotatable bonds is 7. The van der Waals surface area contributed by atoms with E-state index in [4.69, 9.17) is 10.3 Å². The van der Waals surface area contributed by atoms with Crippen molar-refractivity contribution in [2.24, 2.45) is 11.2 Å².